The van der Waals surface area contributed by atoms with E-state index in [1.54, 1.807) is 52.9 Å². The van der Waals surface area contributed by atoms with Gasteiger partial charge in [-0.25, -0.2) is 8.78 Å². The van der Waals surface area contributed by atoms with Crippen molar-refractivity contribution in [3.63, 3.8) is 0 Å². The first-order valence-corrected chi connectivity index (χ1v) is 11.3. The van der Waals surface area contributed by atoms with Gasteiger partial charge in [0.25, 0.3) is 5.56 Å². The lowest BCUT2D eigenvalue weighted by molar-refractivity contribution is -0.113. The predicted octanol–water partition coefficient (Wildman–Crippen LogP) is 4.10. The number of aromatic nitrogens is 4. The van der Waals surface area contributed by atoms with E-state index in [0.29, 0.717) is 21.8 Å². The number of carbonyl (C=O) groups excluding carboxylic acids is 1. The van der Waals surface area contributed by atoms with Crippen LogP contribution in [0.2, 0.25) is 0 Å². The fourth-order valence-electron chi connectivity index (χ4n) is 3.62. The lowest BCUT2D eigenvalue weighted by atomic mass is 10.2. The molecule has 0 saturated heterocycles. The summed E-state index contributed by atoms with van der Waals surface area (Å²) in [5.41, 5.74) is 1.16. The topological polar surface area (TPSA) is 81.3 Å². The van der Waals surface area contributed by atoms with Crippen LogP contribution in [-0.2, 0) is 11.3 Å². The molecule has 5 rings (SSSR count). The van der Waals surface area contributed by atoms with Crippen molar-refractivity contribution in [2.24, 2.45) is 0 Å². The highest BCUT2D eigenvalue weighted by Crippen LogP contribution is 2.23. The van der Waals surface area contributed by atoms with Crippen molar-refractivity contribution in [3.05, 3.63) is 100 Å². The highest BCUT2D eigenvalue weighted by Gasteiger charge is 2.18. The molecule has 2 heterocycles. The van der Waals surface area contributed by atoms with Crippen molar-refractivity contribution in [1.82, 2.24) is 19.2 Å². The minimum atomic E-state index is -0.524. The van der Waals surface area contributed by atoms with E-state index < -0.39 is 11.7 Å². The number of halogens is 2. The standard InChI is InChI=1S/C24H17F2N5O2S/c25-16-11-9-15(10-12-16)13-30-22(33)17-5-1-4-8-20(17)31-23(30)28-29-24(31)34-14-21(32)27-19-7-3-2-6-18(19)26/h1-12H,13-14H2,(H,27,32). The number of fused-ring (bicyclic) bond motifs is 3. The molecule has 34 heavy (non-hydrogen) atoms. The number of hydrogen-bond donors (Lipinski definition) is 1. The van der Waals surface area contributed by atoms with Gasteiger partial charge in [0, 0.05) is 0 Å². The van der Waals surface area contributed by atoms with Gasteiger partial charge in [-0.3, -0.25) is 18.6 Å². The first-order chi connectivity index (χ1) is 16.5. The average molecular weight is 477 g/mol. The number of amides is 1. The molecule has 7 nitrogen and oxygen atoms in total. The van der Waals surface area contributed by atoms with Crippen molar-refractivity contribution >= 4 is 40.0 Å². The van der Waals surface area contributed by atoms with Crippen LogP contribution >= 0.6 is 11.8 Å². The van der Waals surface area contributed by atoms with Crippen LogP contribution in [0.5, 0.6) is 0 Å². The zero-order chi connectivity index (χ0) is 23.7. The summed E-state index contributed by atoms with van der Waals surface area (Å²) >= 11 is 1.12. The average Bonchev–Trinajstić information content (AvgIpc) is 3.27. The summed E-state index contributed by atoms with van der Waals surface area (Å²) in [6, 6.07) is 18.8. The Morgan fingerprint density at radius 1 is 0.941 bits per heavy atom. The Balaban J connectivity index is 1.50. The molecule has 3 aromatic carbocycles. The maximum atomic E-state index is 13.8. The number of para-hydroxylation sites is 2. The van der Waals surface area contributed by atoms with E-state index in [1.165, 1.54) is 28.8 Å². The van der Waals surface area contributed by atoms with Crippen molar-refractivity contribution in [2.75, 3.05) is 11.1 Å². The second-order valence-electron chi connectivity index (χ2n) is 7.47. The lowest BCUT2D eigenvalue weighted by Crippen LogP contribution is -2.24. The summed E-state index contributed by atoms with van der Waals surface area (Å²) in [5, 5.41) is 11.8. The van der Waals surface area contributed by atoms with Gasteiger partial charge < -0.3 is 5.32 Å². The molecule has 2 aromatic heterocycles. The van der Waals surface area contributed by atoms with Crippen molar-refractivity contribution in [2.45, 2.75) is 11.7 Å². The molecule has 0 fully saturated rings. The van der Waals surface area contributed by atoms with Crippen molar-refractivity contribution < 1.29 is 13.6 Å². The van der Waals surface area contributed by atoms with Crippen LogP contribution in [0.15, 0.2) is 82.7 Å². The highest BCUT2D eigenvalue weighted by molar-refractivity contribution is 7.99. The van der Waals surface area contributed by atoms with E-state index in [9.17, 15) is 18.4 Å². The third-order valence-electron chi connectivity index (χ3n) is 5.21. The zero-order valence-corrected chi connectivity index (χ0v) is 18.4. The molecule has 0 spiro atoms. The number of anilines is 1. The molecule has 0 atom stereocenters. The van der Waals surface area contributed by atoms with Gasteiger partial charge in [0.05, 0.1) is 28.9 Å². The van der Waals surface area contributed by atoms with Crippen molar-refractivity contribution in [1.29, 1.82) is 0 Å². The number of hydrogen-bond acceptors (Lipinski definition) is 5. The normalized spacial score (nSPS) is 11.2. The molecular weight excluding hydrogens is 460 g/mol. The Bertz CT molecular complexity index is 1580. The molecule has 0 aliphatic carbocycles. The van der Waals surface area contributed by atoms with Crippen LogP contribution in [0.1, 0.15) is 5.56 Å². The van der Waals surface area contributed by atoms with Gasteiger partial charge in [0.1, 0.15) is 11.6 Å². The first-order valence-electron chi connectivity index (χ1n) is 10.3. The summed E-state index contributed by atoms with van der Waals surface area (Å²) in [4.78, 5) is 25.6. The third-order valence-corrected chi connectivity index (χ3v) is 6.14. The summed E-state index contributed by atoms with van der Waals surface area (Å²) in [6.07, 6.45) is 0. The van der Waals surface area contributed by atoms with Gasteiger partial charge in [-0.05, 0) is 42.0 Å². The Labute approximate surface area is 196 Å². The predicted molar refractivity (Wildman–Crippen MR) is 126 cm³/mol. The summed E-state index contributed by atoms with van der Waals surface area (Å²) < 4.78 is 30.3. The van der Waals surface area contributed by atoms with Crippen LogP contribution in [-0.4, -0.2) is 30.8 Å². The third kappa shape index (κ3) is 4.15. The van der Waals surface area contributed by atoms with Gasteiger partial charge in [-0.1, -0.05) is 48.2 Å². The van der Waals surface area contributed by atoms with Gasteiger partial charge in [0.2, 0.25) is 11.7 Å². The second-order valence-corrected chi connectivity index (χ2v) is 8.41. The number of nitrogens with one attached hydrogen (secondary N) is 1. The maximum Gasteiger partial charge on any atom is 0.263 e. The highest BCUT2D eigenvalue weighted by atomic mass is 32.2. The SMILES string of the molecule is O=C(CSc1nnc2n(Cc3ccc(F)cc3)c(=O)c3ccccc3n12)Nc1ccccc1F. The van der Waals surface area contributed by atoms with Gasteiger partial charge in [-0.2, -0.15) is 0 Å². The minimum absolute atomic E-state index is 0.0411. The minimum Gasteiger partial charge on any atom is -0.323 e. The fraction of sp³-hybridized carbons (Fsp3) is 0.0833. The van der Waals surface area contributed by atoms with Crippen LogP contribution in [0.25, 0.3) is 16.7 Å². The zero-order valence-electron chi connectivity index (χ0n) is 17.6. The van der Waals surface area contributed by atoms with E-state index in [-0.39, 0.29) is 29.4 Å². The molecule has 10 heteroatoms. The molecule has 0 radical (unpaired) electrons. The van der Waals surface area contributed by atoms with Gasteiger partial charge >= 0.3 is 0 Å². The van der Waals surface area contributed by atoms with Crippen LogP contribution in [0.4, 0.5) is 14.5 Å². The van der Waals surface area contributed by atoms with E-state index in [0.717, 1.165) is 17.3 Å². The summed E-state index contributed by atoms with van der Waals surface area (Å²) in [7, 11) is 0. The smallest absolute Gasteiger partial charge is 0.263 e. The first kappa shape index (κ1) is 21.8. The van der Waals surface area contributed by atoms with E-state index >= 15 is 0 Å². The number of carbonyl (C=O) groups is 1. The molecule has 1 amide bonds. The van der Waals surface area contributed by atoms with Gasteiger partial charge in [0.15, 0.2) is 5.16 Å². The monoisotopic (exact) mass is 477 g/mol. The van der Waals surface area contributed by atoms with Crippen LogP contribution in [0, 0.1) is 11.6 Å². The van der Waals surface area contributed by atoms with Gasteiger partial charge in [-0.15, -0.1) is 10.2 Å². The molecule has 170 valence electrons. The quantitative estimate of drug-likeness (QED) is 0.373. The Hall–Kier alpha value is -4.05. The van der Waals surface area contributed by atoms with Crippen LogP contribution < -0.4 is 10.9 Å². The molecule has 0 bridgehead atoms. The van der Waals surface area contributed by atoms with E-state index in [4.69, 9.17) is 0 Å². The maximum absolute atomic E-state index is 13.8. The number of nitrogens with zero attached hydrogens (tertiary/aromatic N) is 4. The number of thioether (sulfide) groups is 1. The number of rotatable bonds is 6. The largest absolute Gasteiger partial charge is 0.323 e. The van der Waals surface area contributed by atoms with Crippen molar-refractivity contribution in [3.8, 4) is 0 Å². The van der Waals surface area contributed by atoms with E-state index in [2.05, 4.69) is 15.5 Å². The molecule has 1 N–H and O–H groups in total. The molecule has 0 saturated carbocycles. The molecule has 5 aromatic rings. The van der Waals surface area contributed by atoms with Crippen LogP contribution in [0.3, 0.4) is 0 Å². The molecule has 0 aliphatic rings. The lowest BCUT2D eigenvalue weighted by Gasteiger charge is -2.11. The van der Waals surface area contributed by atoms with E-state index in [1.807, 2.05) is 0 Å². The molecular formula is C24H17F2N5O2S. The molecule has 0 unspecified atom stereocenters. The fourth-order valence-corrected chi connectivity index (χ4v) is 4.36. The Morgan fingerprint density at radius 2 is 1.68 bits per heavy atom. The Kier molecular flexibility index (Phi) is 5.81. The number of benzene rings is 3. The summed E-state index contributed by atoms with van der Waals surface area (Å²) in [5.74, 6) is -1.04. The summed E-state index contributed by atoms with van der Waals surface area (Å²) in [6.45, 7) is 0.171. The Morgan fingerprint density at radius 3 is 2.47 bits per heavy atom. The molecule has 0 aliphatic heterocycles. The second kappa shape index (κ2) is 9.06.